The van der Waals surface area contributed by atoms with Gasteiger partial charge in [-0.25, -0.2) is 4.39 Å². The molecule has 0 saturated carbocycles. The number of aromatic nitrogens is 3. The molecule has 0 bridgehead atoms. The quantitative estimate of drug-likeness (QED) is 0.557. The molecular weight excluding hydrogens is 349 g/mol. The minimum Gasteiger partial charge on any atom is -0.266 e. The van der Waals surface area contributed by atoms with Gasteiger partial charge in [0.05, 0.1) is 4.53 Å². The van der Waals surface area contributed by atoms with Gasteiger partial charge in [0.15, 0.2) is 5.82 Å². The molecule has 0 spiro atoms. The van der Waals surface area contributed by atoms with Gasteiger partial charge in [-0.15, -0.1) is 5.10 Å². The molecule has 0 N–H and O–H groups in total. The van der Waals surface area contributed by atoms with Gasteiger partial charge in [-0.1, -0.05) is 49.4 Å². The van der Waals surface area contributed by atoms with Gasteiger partial charge in [-0.2, -0.15) is 9.50 Å². The first kappa shape index (κ1) is 16.6. The molecule has 4 rings (SSSR count). The summed E-state index contributed by atoms with van der Waals surface area (Å²) in [6.45, 7) is 4.29. The monoisotopic (exact) mass is 365 g/mol. The first-order valence-electron chi connectivity index (χ1n) is 8.28. The lowest BCUT2D eigenvalue weighted by atomic mass is 10.0. The lowest BCUT2D eigenvalue weighted by Crippen LogP contribution is -2.23. The second-order valence-electron chi connectivity index (χ2n) is 6.37. The zero-order valence-electron chi connectivity index (χ0n) is 14.3. The zero-order chi connectivity index (χ0) is 18.3. The Balaban J connectivity index is 1.73. The Bertz CT molecular complexity index is 1170. The molecule has 0 saturated heterocycles. The van der Waals surface area contributed by atoms with Gasteiger partial charge in [-0.05, 0) is 47.4 Å². The highest BCUT2D eigenvalue weighted by atomic mass is 32.1. The standard InChI is InChI=1S/C20H16FN3OS/c1-12(2)14-5-3-13(4-6-14)11-17-19(25)24-20(26-17)22-18(23-24)15-7-9-16(21)10-8-15/h3-12H,1-2H3/b17-11-. The lowest BCUT2D eigenvalue weighted by Gasteiger charge is -2.04. The largest absolute Gasteiger partial charge is 0.291 e. The van der Waals surface area contributed by atoms with Gasteiger partial charge in [0.1, 0.15) is 5.82 Å². The van der Waals surface area contributed by atoms with Crippen LogP contribution in [0.3, 0.4) is 0 Å². The maximum Gasteiger partial charge on any atom is 0.291 e. The number of nitrogens with zero attached hydrogens (tertiary/aromatic N) is 3. The van der Waals surface area contributed by atoms with Crippen LogP contribution in [0.2, 0.25) is 0 Å². The highest BCUT2D eigenvalue weighted by Crippen LogP contribution is 2.17. The highest BCUT2D eigenvalue weighted by molar-refractivity contribution is 7.15. The van der Waals surface area contributed by atoms with Crippen molar-refractivity contribution in [1.29, 1.82) is 0 Å². The van der Waals surface area contributed by atoms with Crippen molar-refractivity contribution in [2.45, 2.75) is 19.8 Å². The molecule has 0 atom stereocenters. The SMILES string of the molecule is CC(C)c1ccc(/C=c2\sc3nc(-c4ccc(F)cc4)nn3c2=O)cc1. The van der Waals surface area contributed by atoms with E-state index in [2.05, 4.69) is 36.1 Å². The van der Waals surface area contributed by atoms with Gasteiger partial charge in [0, 0.05) is 5.56 Å². The molecule has 0 aliphatic carbocycles. The Morgan fingerprint density at radius 1 is 1.08 bits per heavy atom. The number of halogens is 1. The summed E-state index contributed by atoms with van der Waals surface area (Å²) in [6.07, 6.45) is 1.85. The van der Waals surface area contributed by atoms with Crippen LogP contribution in [0.15, 0.2) is 53.3 Å². The molecule has 2 aromatic carbocycles. The summed E-state index contributed by atoms with van der Waals surface area (Å²) in [4.78, 5) is 17.5. The second kappa shape index (κ2) is 6.46. The van der Waals surface area contributed by atoms with Gasteiger partial charge in [-0.3, -0.25) is 4.79 Å². The summed E-state index contributed by atoms with van der Waals surface area (Å²) >= 11 is 1.30. The Kier molecular flexibility index (Phi) is 4.12. The second-order valence-corrected chi connectivity index (χ2v) is 7.38. The van der Waals surface area contributed by atoms with Gasteiger partial charge in [0.25, 0.3) is 5.56 Å². The number of hydrogen-bond acceptors (Lipinski definition) is 4. The molecule has 6 heteroatoms. The predicted octanol–water partition coefficient (Wildman–Crippen LogP) is 3.63. The molecule has 2 aromatic heterocycles. The smallest absolute Gasteiger partial charge is 0.266 e. The van der Waals surface area contributed by atoms with Crippen molar-refractivity contribution in [3.05, 3.63) is 80.4 Å². The van der Waals surface area contributed by atoms with Crippen LogP contribution in [0, 0.1) is 5.82 Å². The molecule has 0 fully saturated rings. The van der Waals surface area contributed by atoms with E-state index in [1.54, 1.807) is 12.1 Å². The first-order valence-corrected chi connectivity index (χ1v) is 9.10. The Morgan fingerprint density at radius 3 is 2.38 bits per heavy atom. The van der Waals surface area contributed by atoms with Crippen LogP contribution in [-0.2, 0) is 0 Å². The molecule has 4 nitrogen and oxygen atoms in total. The molecule has 4 aromatic rings. The number of fused-ring (bicyclic) bond motifs is 1. The Hall–Kier alpha value is -2.86. The number of benzene rings is 2. The van der Waals surface area contributed by atoms with Crippen LogP contribution < -0.4 is 10.1 Å². The number of rotatable bonds is 3. The molecule has 0 amide bonds. The normalized spacial score (nSPS) is 12.4. The number of hydrogen-bond donors (Lipinski definition) is 0. The third-order valence-corrected chi connectivity index (χ3v) is 5.14. The van der Waals surface area contributed by atoms with Crippen LogP contribution >= 0.6 is 11.3 Å². The topological polar surface area (TPSA) is 47.3 Å². The lowest BCUT2D eigenvalue weighted by molar-refractivity contribution is 0.628. The Morgan fingerprint density at radius 2 is 1.77 bits per heavy atom. The fourth-order valence-corrected chi connectivity index (χ4v) is 3.59. The van der Waals surface area contributed by atoms with E-state index in [9.17, 15) is 9.18 Å². The minimum absolute atomic E-state index is 0.196. The molecule has 26 heavy (non-hydrogen) atoms. The van der Waals surface area contributed by atoms with Crippen molar-refractivity contribution in [3.63, 3.8) is 0 Å². The summed E-state index contributed by atoms with van der Waals surface area (Å²) in [5.41, 5.74) is 2.71. The van der Waals surface area contributed by atoms with E-state index >= 15 is 0 Å². The minimum atomic E-state index is -0.320. The van der Waals surface area contributed by atoms with E-state index in [4.69, 9.17) is 0 Å². The molecule has 0 unspecified atom stereocenters. The van der Waals surface area contributed by atoms with Gasteiger partial charge < -0.3 is 0 Å². The van der Waals surface area contributed by atoms with Crippen LogP contribution in [0.1, 0.15) is 30.9 Å². The Labute approximate surface area is 153 Å². The molecule has 0 aliphatic heterocycles. The van der Waals surface area contributed by atoms with Crippen LogP contribution in [0.5, 0.6) is 0 Å². The van der Waals surface area contributed by atoms with E-state index in [1.807, 2.05) is 18.2 Å². The maximum absolute atomic E-state index is 13.0. The van der Waals surface area contributed by atoms with Crippen LogP contribution in [0.4, 0.5) is 4.39 Å². The van der Waals surface area contributed by atoms with Crippen molar-refractivity contribution >= 4 is 22.4 Å². The summed E-state index contributed by atoms with van der Waals surface area (Å²) in [6, 6.07) is 14.1. The summed E-state index contributed by atoms with van der Waals surface area (Å²) < 4.78 is 14.9. The summed E-state index contributed by atoms with van der Waals surface area (Å²) in [5, 5.41) is 4.27. The first-order chi connectivity index (χ1) is 12.5. The molecular formula is C20H16FN3OS. The van der Waals surface area contributed by atoms with E-state index in [0.29, 0.717) is 26.8 Å². The van der Waals surface area contributed by atoms with Crippen LogP contribution in [0.25, 0.3) is 22.4 Å². The molecule has 2 heterocycles. The zero-order valence-corrected chi connectivity index (χ0v) is 15.1. The third-order valence-electron chi connectivity index (χ3n) is 4.19. The van der Waals surface area contributed by atoms with E-state index in [-0.39, 0.29) is 11.4 Å². The predicted molar refractivity (Wildman–Crippen MR) is 102 cm³/mol. The third kappa shape index (κ3) is 3.04. The molecule has 130 valence electrons. The van der Waals surface area contributed by atoms with Crippen molar-refractivity contribution in [1.82, 2.24) is 14.6 Å². The van der Waals surface area contributed by atoms with E-state index < -0.39 is 0 Å². The number of thiazole rings is 1. The average molecular weight is 365 g/mol. The van der Waals surface area contributed by atoms with Gasteiger partial charge >= 0.3 is 0 Å². The van der Waals surface area contributed by atoms with E-state index in [0.717, 1.165) is 5.56 Å². The van der Waals surface area contributed by atoms with Crippen molar-refractivity contribution in [3.8, 4) is 11.4 Å². The molecule has 0 aliphatic rings. The van der Waals surface area contributed by atoms with Gasteiger partial charge in [0.2, 0.25) is 4.96 Å². The van der Waals surface area contributed by atoms with E-state index in [1.165, 1.54) is 33.5 Å². The average Bonchev–Trinajstić information content (AvgIpc) is 3.16. The fourth-order valence-electron chi connectivity index (χ4n) is 2.68. The maximum atomic E-state index is 13.0. The van der Waals surface area contributed by atoms with Crippen LogP contribution in [-0.4, -0.2) is 14.6 Å². The van der Waals surface area contributed by atoms with Crippen molar-refractivity contribution in [2.75, 3.05) is 0 Å². The fraction of sp³-hybridized carbons (Fsp3) is 0.150. The van der Waals surface area contributed by atoms with Crippen molar-refractivity contribution < 1.29 is 4.39 Å². The summed E-state index contributed by atoms with van der Waals surface area (Å²) in [7, 11) is 0. The molecule has 0 radical (unpaired) electrons. The van der Waals surface area contributed by atoms with Crippen molar-refractivity contribution in [2.24, 2.45) is 0 Å². The summed E-state index contributed by atoms with van der Waals surface area (Å²) in [5.74, 6) is 0.569. The highest BCUT2D eigenvalue weighted by Gasteiger charge is 2.12.